The summed E-state index contributed by atoms with van der Waals surface area (Å²) in [6, 6.07) is -0.650. The minimum atomic E-state index is -0.863. The molecule has 0 aliphatic carbocycles. The van der Waals surface area contributed by atoms with Crippen LogP contribution in [-0.2, 0) is 14.3 Å². The third-order valence-electron chi connectivity index (χ3n) is 14.7. The van der Waals surface area contributed by atoms with Crippen molar-refractivity contribution in [2.24, 2.45) is 0 Å². The van der Waals surface area contributed by atoms with Gasteiger partial charge in [-0.2, -0.15) is 0 Å². The smallest absolute Gasteiger partial charge is 0.305 e. The van der Waals surface area contributed by atoms with Gasteiger partial charge < -0.3 is 20.3 Å². The fourth-order valence-corrected chi connectivity index (χ4v) is 9.87. The van der Waals surface area contributed by atoms with Gasteiger partial charge in [-0.05, 0) is 57.8 Å². The summed E-state index contributed by atoms with van der Waals surface area (Å²) in [5.74, 6) is -0.120. The first kappa shape index (κ1) is 68.3. The Balaban J connectivity index is 3.50. The Bertz CT molecular complexity index is 1090. The molecule has 0 aliphatic heterocycles. The maximum Gasteiger partial charge on any atom is 0.305 e. The summed E-state index contributed by atoms with van der Waals surface area (Å²) in [5.41, 5.74) is 0. The zero-order chi connectivity index (χ0) is 50.7. The second kappa shape index (κ2) is 59.9. The van der Waals surface area contributed by atoms with Crippen molar-refractivity contribution >= 4 is 11.9 Å². The number of carbonyl (C=O) groups excluding carboxylic acids is 2. The van der Waals surface area contributed by atoms with Gasteiger partial charge in [-0.1, -0.05) is 301 Å². The van der Waals surface area contributed by atoms with Gasteiger partial charge in [0.15, 0.2) is 0 Å². The lowest BCUT2D eigenvalue weighted by Gasteiger charge is -2.20. The van der Waals surface area contributed by atoms with Crippen molar-refractivity contribution < 1.29 is 24.5 Å². The molecule has 0 aromatic carbocycles. The van der Waals surface area contributed by atoms with Gasteiger partial charge >= 0.3 is 5.97 Å². The largest absolute Gasteiger partial charge is 0.466 e. The van der Waals surface area contributed by atoms with Gasteiger partial charge in [-0.25, -0.2) is 0 Å². The molecular weight excluding hydrogens is 863 g/mol. The van der Waals surface area contributed by atoms with Gasteiger partial charge in [0.1, 0.15) is 0 Å². The molecule has 414 valence electrons. The lowest BCUT2D eigenvalue weighted by atomic mass is 10.0. The molecule has 0 saturated carbocycles. The van der Waals surface area contributed by atoms with E-state index in [9.17, 15) is 19.8 Å². The van der Waals surface area contributed by atoms with Crippen LogP contribution >= 0.6 is 0 Å². The van der Waals surface area contributed by atoms with E-state index in [1.807, 2.05) is 6.08 Å². The molecule has 0 aromatic rings. The predicted octanol–water partition coefficient (Wildman–Crippen LogP) is 19.8. The van der Waals surface area contributed by atoms with Crippen molar-refractivity contribution in [3.05, 3.63) is 24.3 Å². The maximum absolute atomic E-state index is 12.5. The van der Waals surface area contributed by atoms with Crippen LogP contribution in [0.4, 0.5) is 0 Å². The van der Waals surface area contributed by atoms with Crippen LogP contribution in [0.25, 0.3) is 0 Å². The Hall–Kier alpha value is -1.66. The van der Waals surface area contributed by atoms with Crippen LogP contribution < -0.4 is 5.32 Å². The molecule has 0 fully saturated rings. The number of aliphatic hydroxyl groups is 2. The molecule has 6 heteroatoms. The standard InChI is InChI=1S/C64H123NO5/c1-3-5-7-9-11-13-15-17-19-21-23-24-25-26-28-29-31-33-36-40-44-48-52-56-62(67)61(60-66)65-63(68)57-53-49-45-41-37-35-39-43-47-51-55-59-70-64(69)58-54-50-46-42-38-34-32-30-27-22-20-18-16-14-12-10-8-6-4-2/h39,43,52,56,61-62,66-67H,3-38,40-42,44-51,53-55,57-60H2,1-2H3,(H,65,68)/b43-39-,56-52+. The molecule has 0 heterocycles. The second-order valence-corrected chi connectivity index (χ2v) is 21.7. The van der Waals surface area contributed by atoms with Crippen LogP contribution in [0.15, 0.2) is 24.3 Å². The molecule has 3 N–H and O–H groups in total. The van der Waals surface area contributed by atoms with E-state index in [1.54, 1.807) is 6.08 Å². The van der Waals surface area contributed by atoms with E-state index in [0.717, 1.165) is 83.5 Å². The van der Waals surface area contributed by atoms with Crippen molar-refractivity contribution in [2.45, 2.75) is 360 Å². The number of aliphatic hydroxyl groups excluding tert-OH is 2. The highest BCUT2D eigenvalue weighted by atomic mass is 16.5. The van der Waals surface area contributed by atoms with Gasteiger partial charge in [0, 0.05) is 12.8 Å². The molecule has 1 amide bonds. The van der Waals surface area contributed by atoms with E-state index in [0.29, 0.717) is 19.4 Å². The number of carbonyl (C=O) groups is 2. The van der Waals surface area contributed by atoms with Crippen molar-refractivity contribution in [3.63, 3.8) is 0 Å². The number of hydrogen-bond donors (Lipinski definition) is 3. The van der Waals surface area contributed by atoms with Gasteiger partial charge in [0.2, 0.25) is 5.91 Å². The summed E-state index contributed by atoms with van der Waals surface area (Å²) in [7, 11) is 0. The first-order valence-corrected chi connectivity index (χ1v) is 31.6. The number of esters is 1. The number of hydrogen-bond acceptors (Lipinski definition) is 5. The molecule has 0 spiro atoms. The molecule has 2 atom stereocenters. The molecule has 6 nitrogen and oxygen atoms in total. The zero-order valence-corrected chi connectivity index (χ0v) is 47.3. The molecule has 0 saturated heterocycles. The first-order chi connectivity index (χ1) is 34.5. The van der Waals surface area contributed by atoms with E-state index in [-0.39, 0.29) is 18.5 Å². The zero-order valence-electron chi connectivity index (χ0n) is 47.3. The topological polar surface area (TPSA) is 95.9 Å². The Morgan fingerprint density at radius 2 is 0.671 bits per heavy atom. The second-order valence-electron chi connectivity index (χ2n) is 21.7. The number of unbranched alkanes of at least 4 members (excludes halogenated alkanes) is 46. The van der Waals surface area contributed by atoms with Gasteiger partial charge in [0.25, 0.3) is 0 Å². The average Bonchev–Trinajstić information content (AvgIpc) is 3.36. The van der Waals surface area contributed by atoms with E-state index in [4.69, 9.17) is 4.74 Å². The van der Waals surface area contributed by atoms with E-state index >= 15 is 0 Å². The fraction of sp³-hybridized carbons (Fsp3) is 0.906. The Morgan fingerprint density at radius 3 is 1.01 bits per heavy atom. The SMILES string of the molecule is CCCCCCCCCCCCCCCCCCCCCCC/C=C/C(O)C(CO)NC(=O)CCCCCCC/C=C\CCCCOC(=O)CCCCCCCCCCCCCCCCCCCCC. The summed E-state index contributed by atoms with van der Waals surface area (Å²) in [4.78, 5) is 24.6. The van der Waals surface area contributed by atoms with Gasteiger partial charge in [0.05, 0.1) is 25.4 Å². The average molecular weight is 987 g/mol. The Kier molecular flexibility index (Phi) is 58.5. The van der Waals surface area contributed by atoms with Crippen molar-refractivity contribution in [3.8, 4) is 0 Å². The fourth-order valence-electron chi connectivity index (χ4n) is 9.87. The number of allylic oxidation sites excluding steroid dienone is 3. The van der Waals surface area contributed by atoms with Crippen molar-refractivity contribution in [1.29, 1.82) is 0 Å². The normalized spacial score (nSPS) is 12.7. The highest BCUT2D eigenvalue weighted by Gasteiger charge is 2.18. The number of ether oxygens (including phenoxy) is 1. The number of nitrogens with one attached hydrogen (secondary N) is 1. The first-order valence-electron chi connectivity index (χ1n) is 31.6. The predicted molar refractivity (Wildman–Crippen MR) is 306 cm³/mol. The number of amides is 1. The van der Waals surface area contributed by atoms with Crippen LogP contribution in [0.5, 0.6) is 0 Å². The summed E-state index contributed by atoms with van der Waals surface area (Å²) < 4.78 is 5.47. The molecule has 0 radical (unpaired) electrons. The Labute approximate surface area is 437 Å². The lowest BCUT2D eigenvalue weighted by molar-refractivity contribution is -0.143. The molecule has 0 rings (SSSR count). The van der Waals surface area contributed by atoms with Crippen LogP contribution in [0.2, 0.25) is 0 Å². The van der Waals surface area contributed by atoms with Crippen molar-refractivity contribution in [1.82, 2.24) is 5.32 Å². The third-order valence-corrected chi connectivity index (χ3v) is 14.7. The molecule has 0 aliphatic rings. The van der Waals surface area contributed by atoms with E-state index < -0.39 is 12.1 Å². The number of rotatable bonds is 59. The van der Waals surface area contributed by atoms with Crippen LogP contribution in [0.1, 0.15) is 348 Å². The highest BCUT2D eigenvalue weighted by Crippen LogP contribution is 2.18. The Morgan fingerprint density at radius 1 is 0.386 bits per heavy atom. The van der Waals surface area contributed by atoms with Gasteiger partial charge in [-0.3, -0.25) is 9.59 Å². The lowest BCUT2D eigenvalue weighted by Crippen LogP contribution is -2.45. The summed E-state index contributed by atoms with van der Waals surface area (Å²) in [6.45, 7) is 4.86. The minimum Gasteiger partial charge on any atom is -0.466 e. The quantitative estimate of drug-likeness (QED) is 0.0321. The third kappa shape index (κ3) is 55.7. The maximum atomic E-state index is 12.5. The summed E-state index contributed by atoms with van der Waals surface area (Å²) in [6.07, 6.45) is 73.7. The molecule has 2 unspecified atom stereocenters. The van der Waals surface area contributed by atoms with E-state index in [2.05, 4.69) is 31.3 Å². The molecular formula is C64H123NO5. The molecule has 0 aromatic heterocycles. The van der Waals surface area contributed by atoms with Crippen molar-refractivity contribution in [2.75, 3.05) is 13.2 Å². The molecule has 0 bridgehead atoms. The van der Waals surface area contributed by atoms with Crippen LogP contribution in [-0.4, -0.2) is 47.4 Å². The highest BCUT2D eigenvalue weighted by molar-refractivity contribution is 5.76. The monoisotopic (exact) mass is 986 g/mol. The summed E-state index contributed by atoms with van der Waals surface area (Å²) in [5, 5.41) is 23.2. The van der Waals surface area contributed by atoms with Crippen LogP contribution in [0, 0.1) is 0 Å². The van der Waals surface area contributed by atoms with E-state index in [1.165, 1.54) is 238 Å². The van der Waals surface area contributed by atoms with Crippen LogP contribution in [0.3, 0.4) is 0 Å². The summed E-state index contributed by atoms with van der Waals surface area (Å²) >= 11 is 0. The molecule has 70 heavy (non-hydrogen) atoms. The van der Waals surface area contributed by atoms with Gasteiger partial charge in [-0.15, -0.1) is 0 Å². The minimum absolute atomic E-state index is 0.0273.